The molecule has 0 bridgehead atoms. The summed E-state index contributed by atoms with van der Waals surface area (Å²) in [6, 6.07) is 13.3. The number of carbonyl (C=O) groups excluding carboxylic acids is 2. The van der Waals surface area contributed by atoms with Crippen LogP contribution in [0.15, 0.2) is 48.5 Å². The Labute approximate surface area is 174 Å². The fourth-order valence-corrected chi connectivity index (χ4v) is 2.60. The van der Waals surface area contributed by atoms with Crippen molar-refractivity contribution in [2.45, 2.75) is 13.8 Å². The molecule has 0 atom stereocenters. The standard InChI is InChI=1S/C20H22Cl2N2O4/c1-14(2)13-27-19(25)23-16-6-4-8-18(12-16)28-20(26)24(10-9-21)17-7-3-5-15(22)11-17/h3-8,11-12,14H,9-10,13H2,1-2H3,(H,23,25). The summed E-state index contributed by atoms with van der Waals surface area (Å²) in [4.78, 5) is 25.8. The topological polar surface area (TPSA) is 67.9 Å². The van der Waals surface area contributed by atoms with Gasteiger partial charge in [-0.2, -0.15) is 0 Å². The molecule has 0 saturated carbocycles. The van der Waals surface area contributed by atoms with Gasteiger partial charge in [-0.1, -0.05) is 37.6 Å². The number of hydrogen-bond acceptors (Lipinski definition) is 4. The Kier molecular flexibility index (Phi) is 8.42. The van der Waals surface area contributed by atoms with Crippen molar-refractivity contribution in [2.24, 2.45) is 5.92 Å². The van der Waals surface area contributed by atoms with E-state index in [1.165, 1.54) is 11.0 Å². The van der Waals surface area contributed by atoms with Crippen molar-refractivity contribution in [1.82, 2.24) is 0 Å². The molecular formula is C20H22Cl2N2O4. The number of alkyl halides is 1. The zero-order chi connectivity index (χ0) is 20.5. The molecule has 0 radical (unpaired) electrons. The van der Waals surface area contributed by atoms with Gasteiger partial charge in [0.1, 0.15) is 5.75 Å². The molecule has 2 aromatic rings. The van der Waals surface area contributed by atoms with E-state index in [-0.39, 0.29) is 24.1 Å². The van der Waals surface area contributed by atoms with Crippen LogP contribution >= 0.6 is 23.2 Å². The van der Waals surface area contributed by atoms with Crippen LogP contribution in [0.4, 0.5) is 21.0 Å². The molecule has 0 aliphatic heterocycles. The van der Waals surface area contributed by atoms with Crippen molar-refractivity contribution in [3.63, 3.8) is 0 Å². The Bertz CT molecular complexity index is 814. The smallest absolute Gasteiger partial charge is 0.419 e. The van der Waals surface area contributed by atoms with Gasteiger partial charge < -0.3 is 9.47 Å². The number of benzene rings is 2. The number of halogens is 2. The van der Waals surface area contributed by atoms with Crippen molar-refractivity contribution in [2.75, 3.05) is 29.2 Å². The van der Waals surface area contributed by atoms with Crippen molar-refractivity contribution < 1.29 is 19.1 Å². The molecule has 0 heterocycles. The molecule has 0 fully saturated rings. The third-order valence-electron chi connectivity index (χ3n) is 3.48. The maximum atomic E-state index is 12.6. The van der Waals surface area contributed by atoms with E-state index in [1.54, 1.807) is 42.5 Å². The zero-order valence-corrected chi connectivity index (χ0v) is 17.2. The van der Waals surface area contributed by atoms with Gasteiger partial charge in [-0.25, -0.2) is 9.59 Å². The molecule has 0 spiro atoms. The zero-order valence-electron chi connectivity index (χ0n) is 15.7. The lowest BCUT2D eigenvalue weighted by Gasteiger charge is -2.21. The first-order valence-electron chi connectivity index (χ1n) is 8.73. The van der Waals surface area contributed by atoms with Crippen LogP contribution in [0.3, 0.4) is 0 Å². The molecule has 6 nitrogen and oxygen atoms in total. The Morgan fingerprint density at radius 2 is 1.89 bits per heavy atom. The molecular weight excluding hydrogens is 403 g/mol. The molecule has 0 aromatic heterocycles. The predicted molar refractivity (Wildman–Crippen MR) is 112 cm³/mol. The number of carbonyl (C=O) groups is 2. The van der Waals surface area contributed by atoms with E-state index in [0.717, 1.165) is 0 Å². The van der Waals surface area contributed by atoms with Gasteiger partial charge >= 0.3 is 12.2 Å². The largest absolute Gasteiger partial charge is 0.449 e. The van der Waals surface area contributed by atoms with Crippen molar-refractivity contribution in [3.05, 3.63) is 53.6 Å². The third kappa shape index (κ3) is 6.94. The lowest BCUT2D eigenvalue weighted by atomic mass is 10.2. The van der Waals surface area contributed by atoms with Gasteiger partial charge in [0.15, 0.2) is 0 Å². The van der Waals surface area contributed by atoms with E-state index in [2.05, 4.69) is 5.32 Å². The van der Waals surface area contributed by atoms with Gasteiger partial charge in [-0.15, -0.1) is 11.6 Å². The molecule has 0 aliphatic rings. The Morgan fingerprint density at radius 3 is 2.57 bits per heavy atom. The van der Waals surface area contributed by atoms with Gasteiger partial charge in [0.25, 0.3) is 0 Å². The van der Waals surface area contributed by atoms with Crippen LogP contribution in [0.25, 0.3) is 0 Å². The first-order valence-corrected chi connectivity index (χ1v) is 9.65. The van der Waals surface area contributed by atoms with Crippen LogP contribution in [-0.4, -0.2) is 31.2 Å². The van der Waals surface area contributed by atoms with Crippen molar-refractivity contribution >= 4 is 46.8 Å². The fraction of sp³-hybridized carbons (Fsp3) is 0.300. The SMILES string of the molecule is CC(C)COC(=O)Nc1cccc(OC(=O)N(CCCl)c2cccc(Cl)c2)c1. The lowest BCUT2D eigenvalue weighted by Crippen LogP contribution is -2.35. The number of ether oxygens (including phenoxy) is 2. The first kappa shape index (κ1) is 21.9. The minimum Gasteiger partial charge on any atom is -0.449 e. The Morgan fingerprint density at radius 1 is 1.14 bits per heavy atom. The normalized spacial score (nSPS) is 10.5. The number of amides is 2. The second-order valence-corrected chi connectivity index (χ2v) is 7.15. The van der Waals surface area contributed by atoms with Crippen LogP contribution in [-0.2, 0) is 4.74 Å². The highest BCUT2D eigenvalue weighted by atomic mass is 35.5. The number of anilines is 2. The lowest BCUT2D eigenvalue weighted by molar-refractivity contribution is 0.147. The highest BCUT2D eigenvalue weighted by Crippen LogP contribution is 2.23. The average Bonchev–Trinajstić information content (AvgIpc) is 2.64. The molecule has 2 amide bonds. The van der Waals surface area contributed by atoms with E-state index >= 15 is 0 Å². The van der Waals surface area contributed by atoms with Crippen LogP contribution in [0.5, 0.6) is 5.75 Å². The summed E-state index contributed by atoms with van der Waals surface area (Å²) >= 11 is 11.8. The summed E-state index contributed by atoms with van der Waals surface area (Å²) in [5.74, 6) is 0.732. The summed E-state index contributed by atoms with van der Waals surface area (Å²) in [6.45, 7) is 4.45. The van der Waals surface area contributed by atoms with Gasteiger partial charge in [0.2, 0.25) is 0 Å². The quantitative estimate of drug-likeness (QED) is 0.571. The molecule has 0 saturated heterocycles. The average molecular weight is 425 g/mol. The van der Waals surface area contributed by atoms with E-state index in [1.807, 2.05) is 13.8 Å². The number of hydrogen-bond donors (Lipinski definition) is 1. The van der Waals surface area contributed by atoms with Crippen LogP contribution in [0.2, 0.25) is 5.02 Å². The predicted octanol–water partition coefficient (Wildman–Crippen LogP) is 5.79. The molecule has 2 rings (SSSR count). The second kappa shape index (κ2) is 10.8. The third-order valence-corrected chi connectivity index (χ3v) is 3.89. The Hall–Kier alpha value is -2.44. The maximum Gasteiger partial charge on any atom is 0.419 e. The maximum absolute atomic E-state index is 12.6. The van der Waals surface area contributed by atoms with Crippen LogP contribution in [0, 0.1) is 5.92 Å². The van der Waals surface area contributed by atoms with Crippen LogP contribution in [0.1, 0.15) is 13.8 Å². The summed E-state index contributed by atoms with van der Waals surface area (Å²) in [5.41, 5.74) is 1.02. The second-order valence-electron chi connectivity index (χ2n) is 6.33. The summed E-state index contributed by atoms with van der Waals surface area (Å²) < 4.78 is 10.5. The fourth-order valence-electron chi connectivity index (χ4n) is 2.24. The molecule has 1 N–H and O–H groups in total. The van der Waals surface area contributed by atoms with E-state index in [0.29, 0.717) is 23.0 Å². The number of rotatable bonds is 7. The molecule has 8 heteroatoms. The molecule has 28 heavy (non-hydrogen) atoms. The van der Waals surface area contributed by atoms with Crippen LogP contribution < -0.4 is 15.0 Å². The van der Waals surface area contributed by atoms with Crippen molar-refractivity contribution in [1.29, 1.82) is 0 Å². The molecule has 0 aliphatic carbocycles. The van der Waals surface area contributed by atoms with Gasteiger partial charge in [-0.3, -0.25) is 10.2 Å². The minimum atomic E-state index is -0.609. The monoisotopic (exact) mass is 424 g/mol. The van der Waals surface area contributed by atoms with Gasteiger partial charge in [-0.05, 0) is 36.2 Å². The van der Waals surface area contributed by atoms with Gasteiger partial charge in [0.05, 0.1) is 6.61 Å². The van der Waals surface area contributed by atoms with Gasteiger partial charge in [0, 0.05) is 34.9 Å². The molecule has 0 unspecified atom stereocenters. The number of nitrogens with zero attached hydrogens (tertiary/aromatic N) is 1. The summed E-state index contributed by atoms with van der Waals surface area (Å²) in [6.07, 6.45) is -1.18. The molecule has 150 valence electrons. The van der Waals surface area contributed by atoms with E-state index < -0.39 is 12.2 Å². The van der Waals surface area contributed by atoms with E-state index in [4.69, 9.17) is 32.7 Å². The number of nitrogens with one attached hydrogen (secondary N) is 1. The highest BCUT2D eigenvalue weighted by Gasteiger charge is 2.18. The summed E-state index contributed by atoms with van der Waals surface area (Å²) in [7, 11) is 0. The summed E-state index contributed by atoms with van der Waals surface area (Å²) in [5, 5.41) is 3.10. The van der Waals surface area contributed by atoms with Crippen molar-refractivity contribution in [3.8, 4) is 5.75 Å². The Balaban J connectivity index is 2.06. The molecule has 2 aromatic carbocycles. The minimum absolute atomic E-state index is 0.227. The first-order chi connectivity index (χ1) is 13.4. The highest BCUT2D eigenvalue weighted by molar-refractivity contribution is 6.30. The van der Waals surface area contributed by atoms with E-state index in [9.17, 15) is 9.59 Å².